The maximum absolute atomic E-state index is 12.8. The highest BCUT2D eigenvalue weighted by Gasteiger charge is 2.41. The van der Waals surface area contributed by atoms with Crippen molar-refractivity contribution in [2.45, 2.75) is 52.7 Å². The van der Waals surface area contributed by atoms with Crippen LogP contribution in [0.2, 0.25) is 0 Å². The smallest absolute Gasteiger partial charge is 0.387 e. The molecule has 0 saturated heterocycles. The molecule has 1 aromatic carbocycles. The second kappa shape index (κ2) is 11.8. The van der Waals surface area contributed by atoms with Gasteiger partial charge >= 0.3 is 6.61 Å². The Hall–Kier alpha value is -2.09. The largest absolute Gasteiger partial charge is 0.493 e. The lowest BCUT2D eigenvalue weighted by atomic mass is 10.0. The van der Waals surface area contributed by atoms with Crippen molar-refractivity contribution in [1.82, 2.24) is 10.6 Å². The molecular weight excluding hydrogens is 380 g/mol. The summed E-state index contributed by atoms with van der Waals surface area (Å²) in [5.74, 6) is 1.24. The van der Waals surface area contributed by atoms with Gasteiger partial charge in [0.2, 0.25) is 0 Å². The van der Waals surface area contributed by atoms with Crippen LogP contribution in [0.1, 0.15) is 45.1 Å². The molecule has 1 saturated carbocycles. The topological polar surface area (TPSA) is 64.1 Å². The Labute approximate surface area is 172 Å². The van der Waals surface area contributed by atoms with E-state index in [4.69, 9.17) is 9.47 Å². The van der Waals surface area contributed by atoms with Crippen LogP contribution in [0.15, 0.2) is 23.2 Å². The normalized spacial score (nSPS) is 15.3. The van der Waals surface area contributed by atoms with Crippen LogP contribution >= 0.6 is 0 Å². The van der Waals surface area contributed by atoms with Gasteiger partial charge in [0.05, 0.1) is 6.61 Å². The Kier molecular flexibility index (Phi) is 9.44. The highest BCUT2D eigenvalue weighted by molar-refractivity contribution is 5.79. The van der Waals surface area contributed by atoms with Crippen LogP contribution in [0, 0.1) is 5.41 Å². The number of benzene rings is 1. The van der Waals surface area contributed by atoms with Crippen molar-refractivity contribution in [2.75, 3.05) is 33.4 Å². The van der Waals surface area contributed by atoms with Gasteiger partial charge in [0.15, 0.2) is 5.96 Å². The Morgan fingerprint density at radius 1 is 1.21 bits per heavy atom. The van der Waals surface area contributed by atoms with Gasteiger partial charge in [-0.25, -0.2) is 0 Å². The number of aliphatic imine (C=N–C) groups is 1. The second-order valence-corrected chi connectivity index (χ2v) is 7.22. The van der Waals surface area contributed by atoms with E-state index in [2.05, 4.69) is 20.4 Å². The fraction of sp³-hybridized carbons (Fsp3) is 0.667. The van der Waals surface area contributed by atoms with Crippen molar-refractivity contribution < 1.29 is 23.0 Å². The van der Waals surface area contributed by atoms with Crippen LogP contribution in [0.4, 0.5) is 8.78 Å². The van der Waals surface area contributed by atoms with Gasteiger partial charge in [-0.05, 0) is 50.2 Å². The number of hydrogen-bond acceptors (Lipinski definition) is 4. The predicted molar refractivity (Wildman–Crippen MR) is 110 cm³/mol. The molecule has 0 unspecified atom stereocenters. The molecule has 0 aliphatic heterocycles. The minimum Gasteiger partial charge on any atom is -0.493 e. The van der Waals surface area contributed by atoms with E-state index in [1.165, 1.54) is 18.9 Å². The first-order valence-corrected chi connectivity index (χ1v) is 10.2. The number of halogens is 2. The first-order valence-electron chi connectivity index (χ1n) is 10.2. The number of nitrogens with zero attached hydrogens (tertiary/aromatic N) is 1. The summed E-state index contributed by atoms with van der Waals surface area (Å²) in [5, 5.41) is 6.51. The molecular formula is C21H33F2N3O3. The average molecular weight is 414 g/mol. The van der Waals surface area contributed by atoms with Crippen molar-refractivity contribution in [3.63, 3.8) is 0 Å². The summed E-state index contributed by atoms with van der Waals surface area (Å²) in [6, 6.07) is 4.99. The van der Waals surface area contributed by atoms with Crippen molar-refractivity contribution in [3.05, 3.63) is 23.8 Å². The molecule has 0 aromatic heterocycles. The number of guanidine groups is 1. The zero-order valence-electron chi connectivity index (χ0n) is 17.6. The molecule has 1 aliphatic carbocycles. The molecule has 164 valence electrons. The average Bonchev–Trinajstić information content (AvgIpc) is 3.47. The molecule has 0 atom stereocenters. The third-order valence-corrected chi connectivity index (χ3v) is 4.97. The summed E-state index contributed by atoms with van der Waals surface area (Å²) >= 11 is 0. The summed E-state index contributed by atoms with van der Waals surface area (Å²) < 4.78 is 41.3. The van der Waals surface area contributed by atoms with Gasteiger partial charge in [0, 0.05) is 45.0 Å². The van der Waals surface area contributed by atoms with Gasteiger partial charge in [0.1, 0.15) is 11.5 Å². The molecule has 1 aromatic rings. The summed E-state index contributed by atoms with van der Waals surface area (Å²) in [4.78, 5) is 4.23. The monoisotopic (exact) mass is 413 g/mol. The SMILES string of the molecule is CCCOc1ccc(CNC(=NC)NCC2(CCOCC)CC2)c(OC(F)F)c1. The molecule has 0 radical (unpaired) electrons. The molecule has 0 heterocycles. The lowest BCUT2D eigenvalue weighted by molar-refractivity contribution is -0.0505. The van der Waals surface area contributed by atoms with Crippen LogP contribution in [0.3, 0.4) is 0 Å². The summed E-state index contributed by atoms with van der Waals surface area (Å²) in [5.41, 5.74) is 0.879. The summed E-state index contributed by atoms with van der Waals surface area (Å²) in [6.45, 7) is 4.23. The zero-order chi connectivity index (χ0) is 21.1. The number of alkyl halides is 2. The van der Waals surface area contributed by atoms with Crippen molar-refractivity contribution in [3.8, 4) is 11.5 Å². The van der Waals surface area contributed by atoms with Gasteiger partial charge in [-0.3, -0.25) is 4.99 Å². The Morgan fingerprint density at radius 3 is 2.62 bits per heavy atom. The van der Waals surface area contributed by atoms with E-state index in [9.17, 15) is 8.78 Å². The summed E-state index contributed by atoms with van der Waals surface area (Å²) in [7, 11) is 1.69. The highest BCUT2D eigenvalue weighted by atomic mass is 19.3. The van der Waals surface area contributed by atoms with E-state index < -0.39 is 6.61 Å². The van der Waals surface area contributed by atoms with Gasteiger partial charge in [-0.15, -0.1) is 0 Å². The van der Waals surface area contributed by atoms with E-state index in [1.807, 2.05) is 13.8 Å². The Bertz CT molecular complexity index is 652. The van der Waals surface area contributed by atoms with E-state index in [0.29, 0.717) is 30.4 Å². The second-order valence-electron chi connectivity index (χ2n) is 7.22. The molecule has 0 spiro atoms. The standard InChI is InChI=1S/C21H33F2N3O3/c1-4-11-28-17-7-6-16(18(13-17)29-19(22)23)14-25-20(24-3)26-15-21(8-9-21)10-12-27-5-2/h6-7,13,19H,4-5,8-12,14-15H2,1-3H3,(H2,24,25,26). The molecule has 2 N–H and O–H groups in total. The molecule has 29 heavy (non-hydrogen) atoms. The lowest BCUT2D eigenvalue weighted by Gasteiger charge is -2.19. The third-order valence-electron chi connectivity index (χ3n) is 4.97. The Morgan fingerprint density at radius 2 is 2.00 bits per heavy atom. The molecule has 8 heteroatoms. The highest BCUT2D eigenvalue weighted by Crippen LogP contribution is 2.48. The van der Waals surface area contributed by atoms with Crippen LogP contribution in [-0.4, -0.2) is 46.0 Å². The minimum atomic E-state index is -2.90. The van der Waals surface area contributed by atoms with E-state index in [1.54, 1.807) is 19.2 Å². The van der Waals surface area contributed by atoms with Crippen LogP contribution < -0.4 is 20.1 Å². The maximum Gasteiger partial charge on any atom is 0.387 e. The van der Waals surface area contributed by atoms with Crippen LogP contribution in [0.25, 0.3) is 0 Å². The van der Waals surface area contributed by atoms with Crippen molar-refractivity contribution >= 4 is 5.96 Å². The quantitative estimate of drug-likeness (QED) is 0.291. The lowest BCUT2D eigenvalue weighted by Crippen LogP contribution is -2.40. The maximum atomic E-state index is 12.8. The van der Waals surface area contributed by atoms with Gasteiger partial charge in [-0.1, -0.05) is 6.92 Å². The Balaban J connectivity index is 1.90. The molecule has 6 nitrogen and oxygen atoms in total. The van der Waals surface area contributed by atoms with Gasteiger partial charge in [-0.2, -0.15) is 8.78 Å². The van der Waals surface area contributed by atoms with Gasteiger partial charge < -0.3 is 24.8 Å². The summed E-state index contributed by atoms with van der Waals surface area (Å²) in [6.07, 6.45) is 4.21. The fourth-order valence-electron chi connectivity index (χ4n) is 2.99. The van der Waals surface area contributed by atoms with Crippen LogP contribution in [-0.2, 0) is 11.3 Å². The van der Waals surface area contributed by atoms with Crippen LogP contribution in [0.5, 0.6) is 11.5 Å². The number of nitrogens with one attached hydrogen (secondary N) is 2. The third kappa shape index (κ3) is 8.04. The number of ether oxygens (including phenoxy) is 3. The zero-order valence-corrected chi connectivity index (χ0v) is 17.6. The van der Waals surface area contributed by atoms with Crippen molar-refractivity contribution in [2.24, 2.45) is 10.4 Å². The first-order chi connectivity index (χ1) is 14.0. The number of rotatable bonds is 13. The fourth-order valence-corrected chi connectivity index (χ4v) is 2.99. The first kappa shape index (κ1) is 23.2. The predicted octanol–water partition coefficient (Wildman–Crippen LogP) is 3.95. The molecule has 1 fully saturated rings. The van der Waals surface area contributed by atoms with E-state index >= 15 is 0 Å². The minimum absolute atomic E-state index is 0.104. The van der Waals surface area contributed by atoms with E-state index in [-0.39, 0.29) is 11.2 Å². The number of hydrogen-bond donors (Lipinski definition) is 2. The van der Waals surface area contributed by atoms with E-state index in [0.717, 1.165) is 32.6 Å². The molecule has 0 amide bonds. The molecule has 2 rings (SSSR count). The molecule has 0 bridgehead atoms. The van der Waals surface area contributed by atoms with Crippen molar-refractivity contribution in [1.29, 1.82) is 0 Å². The molecule has 1 aliphatic rings. The van der Waals surface area contributed by atoms with Gasteiger partial charge in [0.25, 0.3) is 0 Å².